The molecule has 0 bridgehead atoms. The summed E-state index contributed by atoms with van der Waals surface area (Å²) < 4.78 is 19.2. The van der Waals surface area contributed by atoms with E-state index in [4.69, 9.17) is 4.74 Å². The van der Waals surface area contributed by atoms with Crippen LogP contribution < -0.4 is 4.74 Å². The zero-order chi connectivity index (χ0) is 12.3. The van der Waals surface area contributed by atoms with E-state index in [-0.39, 0.29) is 12.4 Å². The standard InChI is InChI=1S/C13H10BrFO2/c14-10-2-1-3-12(6-10)17-8-9-4-5-11(15)7-13(9)16/h1-7,16H,8H2. The normalized spacial score (nSPS) is 10.2. The van der Waals surface area contributed by atoms with E-state index in [1.54, 1.807) is 0 Å². The Hall–Kier alpha value is -1.55. The zero-order valence-corrected chi connectivity index (χ0v) is 10.4. The second-order valence-corrected chi connectivity index (χ2v) is 4.43. The number of halogens is 2. The van der Waals surface area contributed by atoms with Crippen LogP contribution in [0.25, 0.3) is 0 Å². The van der Waals surface area contributed by atoms with Crippen LogP contribution in [0.1, 0.15) is 5.56 Å². The van der Waals surface area contributed by atoms with Gasteiger partial charge in [-0.2, -0.15) is 0 Å². The van der Waals surface area contributed by atoms with E-state index in [1.165, 1.54) is 12.1 Å². The van der Waals surface area contributed by atoms with Crippen LogP contribution in [-0.2, 0) is 6.61 Å². The van der Waals surface area contributed by atoms with Crippen molar-refractivity contribution in [1.82, 2.24) is 0 Å². The predicted octanol–water partition coefficient (Wildman–Crippen LogP) is 3.87. The van der Waals surface area contributed by atoms with Crippen molar-refractivity contribution in [2.75, 3.05) is 0 Å². The van der Waals surface area contributed by atoms with Gasteiger partial charge in [-0.1, -0.05) is 22.0 Å². The molecule has 0 heterocycles. The molecule has 0 aromatic heterocycles. The van der Waals surface area contributed by atoms with Gasteiger partial charge < -0.3 is 9.84 Å². The highest BCUT2D eigenvalue weighted by Gasteiger charge is 2.03. The van der Waals surface area contributed by atoms with E-state index < -0.39 is 5.82 Å². The lowest BCUT2D eigenvalue weighted by atomic mass is 10.2. The van der Waals surface area contributed by atoms with Gasteiger partial charge in [-0.3, -0.25) is 0 Å². The molecule has 0 saturated carbocycles. The Morgan fingerprint density at radius 1 is 1.18 bits per heavy atom. The fraction of sp³-hybridized carbons (Fsp3) is 0.0769. The summed E-state index contributed by atoms with van der Waals surface area (Å²) in [5.41, 5.74) is 0.548. The van der Waals surface area contributed by atoms with E-state index in [2.05, 4.69) is 15.9 Å². The third-order valence-electron chi connectivity index (χ3n) is 2.24. The summed E-state index contributed by atoms with van der Waals surface area (Å²) in [6.07, 6.45) is 0. The van der Waals surface area contributed by atoms with Crippen molar-refractivity contribution in [1.29, 1.82) is 0 Å². The molecule has 0 radical (unpaired) electrons. The Balaban J connectivity index is 2.07. The highest BCUT2D eigenvalue weighted by atomic mass is 79.9. The molecular weight excluding hydrogens is 287 g/mol. The molecule has 2 aromatic rings. The summed E-state index contributed by atoms with van der Waals surface area (Å²) >= 11 is 3.33. The molecule has 2 nitrogen and oxygen atoms in total. The zero-order valence-electron chi connectivity index (χ0n) is 8.86. The molecule has 17 heavy (non-hydrogen) atoms. The van der Waals surface area contributed by atoms with E-state index in [9.17, 15) is 9.50 Å². The smallest absolute Gasteiger partial charge is 0.126 e. The minimum absolute atomic E-state index is 0.0972. The van der Waals surface area contributed by atoms with E-state index in [0.717, 1.165) is 10.5 Å². The van der Waals surface area contributed by atoms with Gasteiger partial charge in [0.05, 0.1) is 0 Å². The van der Waals surface area contributed by atoms with Crippen LogP contribution in [-0.4, -0.2) is 5.11 Å². The van der Waals surface area contributed by atoms with E-state index in [0.29, 0.717) is 11.3 Å². The average molecular weight is 297 g/mol. The number of phenolic OH excluding ortho intramolecular Hbond substituents is 1. The molecule has 0 unspecified atom stereocenters. The number of hydrogen-bond donors (Lipinski definition) is 1. The Morgan fingerprint density at radius 2 is 2.00 bits per heavy atom. The Labute approximate surface area is 107 Å². The summed E-state index contributed by atoms with van der Waals surface area (Å²) in [6.45, 7) is 0.197. The molecule has 0 spiro atoms. The second-order valence-electron chi connectivity index (χ2n) is 3.52. The summed E-state index contributed by atoms with van der Waals surface area (Å²) in [5, 5.41) is 9.49. The highest BCUT2D eigenvalue weighted by molar-refractivity contribution is 9.10. The first-order chi connectivity index (χ1) is 8.15. The number of rotatable bonds is 3. The van der Waals surface area contributed by atoms with Crippen molar-refractivity contribution in [2.45, 2.75) is 6.61 Å². The molecule has 0 atom stereocenters. The minimum Gasteiger partial charge on any atom is -0.507 e. The van der Waals surface area contributed by atoms with Crippen LogP contribution in [0, 0.1) is 5.82 Å². The first-order valence-electron chi connectivity index (χ1n) is 5.01. The third-order valence-corrected chi connectivity index (χ3v) is 2.73. The van der Waals surface area contributed by atoms with Crippen molar-refractivity contribution in [2.24, 2.45) is 0 Å². The molecule has 2 rings (SSSR count). The molecule has 1 N–H and O–H groups in total. The Bertz CT molecular complexity index is 529. The van der Waals surface area contributed by atoms with Crippen molar-refractivity contribution in [3.8, 4) is 11.5 Å². The molecule has 0 aliphatic carbocycles. The van der Waals surface area contributed by atoms with E-state index in [1.807, 2.05) is 24.3 Å². The quantitative estimate of drug-likeness (QED) is 0.931. The Morgan fingerprint density at radius 3 is 2.71 bits per heavy atom. The summed E-state index contributed by atoms with van der Waals surface area (Å²) in [7, 11) is 0. The van der Waals surface area contributed by atoms with Crippen LogP contribution in [0.2, 0.25) is 0 Å². The van der Waals surface area contributed by atoms with Gasteiger partial charge >= 0.3 is 0 Å². The minimum atomic E-state index is -0.464. The maximum Gasteiger partial charge on any atom is 0.126 e. The maximum atomic E-state index is 12.8. The molecule has 0 aliphatic rings. The van der Waals surface area contributed by atoms with Crippen molar-refractivity contribution >= 4 is 15.9 Å². The number of hydrogen-bond acceptors (Lipinski definition) is 2. The number of ether oxygens (including phenoxy) is 1. The number of phenols is 1. The summed E-state index contributed by atoms with van der Waals surface area (Å²) in [5.74, 6) is 0.122. The van der Waals surface area contributed by atoms with Gasteiger partial charge in [-0.25, -0.2) is 4.39 Å². The molecule has 0 aliphatic heterocycles. The van der Waals surface area contributed by atoms with Crippen molar-refractivity contribution in [3.63, 3.8) is 0 Å². The third kappa shape index (κ3) is 3.20. The van der Waals surface area contributed by atoms with Gasteiger partial charge in [0.25, 0.3) is 0 Å². The maximum absolute atomic E-state index is 12.8. The van der Waals surface area contributed by atoms with E-state index >= 15 is 0 Å². The second kappa shape index (κ2) is 5.19. The topological polar surface area (TPSA) is 29.5 Å². The average Bonchev–Trinajstić information content (AvgIpc) is 2.28. The lowest BCUT2D eigenvalue weighted by Gasteiger charge is -2.08. The van der Waals surface area contributed by atoms with Crippen molar-refractivity contribution in [3.05, 3.63) is 58.3 Å². The van der Waals surface area contributed by atoms with Crippen LogP contribution in [0.3, 0.4) is 0 Å². The first-order valence-corrected chi connectivity index (χ1v) is 5.80. The molecule has 2 aromatic carbocycles. The fourth-order valence-electron chi connectivity index (χ4n) is 1.38. The summed E-state index contributed by atoms with van der Waals surface area (Å²) in [6, 6.07) is 11.2. The lowest BCUT2D eigenvalue weighted by Crippen LogP contribution is -1.96. The highest BCUT2D eigenvalue weighted by Crippen LogP contribution is 2.22. The van der Waals surface area contributed by atoms with Crippen LogP contribution in [0.15, 0.2) is 46.9 Å². The molecule has 0 saturated heterocycles. The molecule has 0 amide bonds. The van der Waals surface area contributed by atoms with Crippen molar-refractivity contribution < 1.29 is 14.2 Å². The SMILES string of the molecule is Oc1cc(F)ccc1COc1cccc(Br)c1. The monoisotopic (exact) mass is 296 g/mol. The van der Waals surface area contributed by atoms with Crippen LogP contribution >= 0.6 is 15.9 Å². The van der Waals surface area contributed by atoms with Gasteiger partial charge in [0, 0.05) is 16.1 Å². The largest absolute Gasteiger partial charge is 0.507 e. The Kier molecular flexibility index (Phi) is 3.64. The van der Waals surface area contributed by atoms with Gasteiger partial charge in [-0.15, -0.1) is 0 Å². The van der Waals surface area contributed by atoms with Gasteiger partial charge in [-0.05, 0) is 30.3 Å². The number of benzene rings is 2. The summed E-state index contributed by atoms with van der Waals surface area (Å²) in [4.78, 5) is 0. The molecular formula is C13H10BrFO2. The lowest BCUT2D eigenvalue weighted by molar-refractivity contribution is 0.298. The van der Waals surface area contributed by atoms with Gasteiger partial charge in [0.15, 0.2) is 0 Å². The number of aromatic hydroxyl groups is 1. The molecule has 88 valence electrons. The van der Waals surface area contributed by atoms with Crippen LogP contribution in [0.4, 0.5) is 4.39 Å². The van der Waals surface area contributed by atoms with Gasteiger partial charge in [0.1, 0.15) is 23.9 Å². The molecule has 0 fully saturated rings. The van der Waals surface area contributed by atoms with Crippen LogP contribution in [0.5, 0.6) is 11.5 Å². The predicted molar refractivity (Wildman–Crippen MR) is 66.5 cm³/mol. The molecule has 4 heteroatoms. The van der Waals surface area contributed by atoms with Gasteiger partial charge in [0.2, 0.25) is 0 Å². The first kappa shape index (κ1) is 11.9. The fourth-order valence-corrected chi connectivity index (χ4v) is 1.76.